The maximum atomic E-state index is 5.89. The van der Waals surface area contributed by atoms with Crippen molar-refractivity contribution in [2.75, 3.05) is 13.1 Å². The topological polar surface area (TPSA) is 12.0 Å². The van der Waals surface area contributed by atoms with E-state index in [0.717, 1.165) is 16.8 Å². The normalized spacial score (nSPS) is 11.3. The Bertz CT molecular complexity index is 296. The molecule has 98 valence electrons. The molecule has 0 aliphatic rings. The van der Waals surface area contributed by atoms with Gasteiger partial charge in [0.25, 0.3) is 0 Å². The van der Waals surface area contributed by atoms with Gasteiger partial charge in [0.15, 0.2) is 0 Å². The highest BCUT2D eigenvalue weighted by Crippen LogP contribution is 2.23. The van der Waals surface area contributed by atoms with Gasteiger partial charge in [-0.1, -0.05) is 38.3 Å². The Hall–Kier alpha value is -0.0500. The first kappa shape index (κ1) is 15.0. The molecule has 0 saturated carbocycles. The van der Waals surface area contributed by atoms with E-state index in [2.05, 4.69) is 25.2 Å². The lowest BCUT2D eigenvalue weighted by atomic mass is 10.1. The van der Waals surface area contributed by atoms with E-state index in [4.69, 9.17) is 11.6 Å². The predicted molar refractivity (Wildman–Crippen MR) is 79.2 cm³/mol. The number of hydrogen-bond acceptors (Lipinski definition) is 2. The summed E-state index contributed by atoms with van der Waals surface area (Å²) in [6.07, 6.45) is 6.46. The zero-order valence-corrected chi connectivity index (χ0v) is 12.5. The van der Waals surface area contributed by atoms with E-state index in [1.54, 1.807) is 11.3 Å². The molecule has 0 saturated heterocycles. The highest BCUT2D eigenvalue weighted by molar-refractivity contribution is 7.16. The first-order chi connectivity index (χ1) is 8.18. The van der Waals surface area contributed by atoms with Crippen molar-refractivity contribution in [1.82, 2.24) is 5.32 Å². The lowest BCUT2D eigenvalue weighted by Crippen LogP contribution is -2.20. The summed E-state index contributed by atoms with van der Waals surface area (Å²) in [5.74, 6) is 0.763. The van der Waals surface area contributed by atoms with E-state index < -0.39 is 0 Å². The Kier molecular flexibility index (Phi) is 7.91. The van der Waals surface area contributed by atoms with Crippen molar-refractivity contribution in [3.05, 3.63) is 21.3 Å². The number of rotatable bonds is 9. The summed E-state index contributed by atoms with van der Waals surface area (Å²) in [6, 6.07) is 4.15. The quantitative estimate of drug-likeness (QED) is 0.640. The molecule has 1 heterocycles. The molecule has 3 heteroatoms. The number of halogens is 1. The molecule has 17 heavy (non-hydrogen) atoms. The van der Waals surface area contributed by atoms with E-state index in [9.17, 15) is 0 Å². The van der Waals surface area contributed by atoms with Crippen LogP contribution in [0.25, 0.3) is 0 Å². The summed E-state index contributed by atoms with van der Waals surface area (Å²) in [7, 11) is 0. The van der Waals surface area contributed by atoms with E-state index in [1.807, 2.05) is 6.07 Å². The molecule has 1 nitrogen and oxygen atoms in total. The van der Waals surface area contributed by atoms with Crippen molar-refractivity contribution >= 4 is 22.9 Å². The molecule has 1 rings (SSSR count). The SMILES string of the molecule is CC(C)CNCCCCCCc1ccc(Cl)s1. The second-order valence-electron chi connectivity index (χ2n) is 4.97. The maximum absolute atomic E-state index is 5.89. The Labute approximate surface area is 115 Å². The molecule has 0 atom stereocenters. The van der Waals surface area contributed by atoms with Gasteiger partial charge in [0.1, 0.15) is 0 Å². The van der Waals surface area contributed by atoms with Crippen LogP contribution in [0.5, 0.6) is 0 Å². The van der Waals surface area contributed by atoms with Crippen LogP contribution in [0.2, 0.25) is 4.34 Å². The lowest BCUT2D eigenvalue weighted by molar-refractivity contribution is 0.526. The number of hydrogen-bond donors (Lipinski definition) is 1. The molecular formula is C14H24ClNS. The average Bonchev–Trinajstić information content (AvgIpc) is 2.68. The van der Waals surface area contributed by atoms with Gasteiger partial charge in [0, 0.05) is 4.88 Å². The Balaban J connectivity index is 1.88. The molecule has 0 bridgehead atoms. The molecule has 1 aromatic rings. The van der Waals surface area contributed by atoms with Gasteiger partial charge < -0.3 is 5.32 Å². The summed E-state index contributed by atoms with van der Waals surface area (Å²) in [4.78, 5) is 1.42. The summed E-state index contributed by atoms with van der Waals surface area (Å²) >= 11 is 7.61. The van der Waals surface area contributed by atoms with Crippen molar-refractivity contribution in [2.45, 2.75) is 46.0 Å². The van der Waals surface area contributed by atoms with Crippen LogP contribution in [0.4, 0.5) is 0 Å². The molecule has 0 fully saturated rings. The monoisotopic (exact) mass is 273 g/mol. The lowest BCUT2D eigenvalue weighted by Gasteiger charge is -2.06. The Morgan fingerprint density at radius 2 is 1.94 bits per heavy atom. The minimum absolute atomic E-state index is 0.763. The Morgan fingerprint density at radius 3 is 2.59 bits per heavy atom. The minimum atomic E-state index is 0.763. The fourth-order valence-electron chi connectivity index (χ4n) is 1.78. The van der Waals surface area contributed by atoms with Crippen LogP contribution < -0.4 is 5.32 Å². The van der Waals surface area contributed by atoms with Gasteiger partial charge >= 0.3 is 0 Å². The molecule has 0 spiro atoms. The van der Waals surface area contributed by atoms with Gasteiger partial charge in [0.05, 0.1) is 4.34 Å². The molecule has 1 aromatic heterocycles. The fourth-order valence-corrected chi connectivity index (χ4v) is 2.91. The molecule has 0 radical (unpaired) electrons. The number of thiophene rings is 1. The van der Waals surface area contributed by atoms with Gasteiger partial charge in [-0.2, -0.15) is 0 Å². The van der Waals surface area contributed by atoms with E-state index in [-0.39, 0.29) is 0 Å². The largest absolute Gasteiger partial charge is 0.316 e. The maximum Gasteiger partial charge on any atom is 0.0931 e. The van der Waals surface area contributed by atoms with E-state index in [0.29, 0.717) is 0 Å². The van der Waals surface area contributed by atoms with Crippen LogP contribution >= 0.6 is 22.9 Å². The standard InChI is InChI=1S/C14H24ClNS/c1-12(2)11-16-10-6-4-3-5-7-13-8-9-14(15)17-13/h8-9,12,16H,3-7,10-11H2,1-2H3. The smallest absolute Gasteiger partial charge is 0.0931 e. The molecule has 0 aromatic carbocycles. The van der Waals surface area contributed by atoms with Crippen molar-refractivity contribution in [3.63, 3.8) is 0 Å². The van der Waals surface area contributed by atoms with Crippen molar-refractivity contribution in [1.29, 1.82) is 0 Å². The van der Waals surface area contributed by atoms with Gasteiger partial charge in [-0.3, -0.25) is 0 Å². The zero-order chi connectivity index (χ0) is 12.5. The van der Waals surface area contributed by atoms with Crippen LogP contribution in [-0.2, 0) is 6.42 Å². The third kappa shape index (κ3) is 7.80. The summed E-state index contributed by atoms with van der Waals surface area (Å²) in [6.45, 7) is 6.81. The van der Waals surface area contributed by atoms with Gasteiger partial charge in [-0.15, -0.1) is 11.3 Å². The van der Waals surface area contributed by atoms with Crippen molar-refractivity contribution in [2.24, 2.45) is 5.92 Å². The fraction of sp³-hybridized carbons (Fsp3) is 0.714. The molecule has 0 aliphatic heterocycles. The summed E-state index contributed by atoms with van der Waals surface area (Å²) in [5.41, 5.74) is 0. The first-order valence-corrected chi connectivity index (χ1v) is 7.83. The highest BCUT2D eigenvalue weighted by atomic mass is 35.5. The second-order valence-corrected chi connectivity index (χ2v) is 6.77. The van der Waals surface area contributed by atoms with Crippen LogP contribution in [-0.4, -0.2) is 13.1 Å². The highest BCUT2D eigenvalue weighted by Gasteiger charge is 1.98. The molecule has 0 amide bonds. The van der Waals surface area contributed by atoms with Crippen molar-refractivity contribution < 1.29 is 0 Å². The zero-order valence-electron chi connectivity index (χ0n) is 11.0. The van der Waals surface area contributed by atoms with Crippen LogP contribution in [0.1, 0.15) is 44.4 Å². The van der Waals surface area contributed by atoms with E-state index in [1.165, 1.54) is 43.5 Å². The average molecular weight is 274 g/mol. The van der Waals surface area contributed by atoms with Gasteiger partial charge in [-0.05, 0) is 50.4 Å². The third-order valence-electron chi connectivity index (χ3n) is 2.71. The van der Waals surface area contributed by atoms with Crippen LogP contribution in [0, 0.1) is 5.92 Å². The molecular weight excluding hydrogens is 250 g/mol. The Morgan fingerprint density at radius 1 is 1.18 bits per heavy atom. The number of unbranched alkanes of at least 4 members (excludes halogenated alkanes) is 3. The number of nitrogens with one attached hydrogen (secondary N) is 1. The van der Waals surface area contributed by atoms with Gasteiger partial charge in [-0.25, -0.2) is 0 Å². The molecule has 0 aliphatic carbocycles. The molecule has 0 unspecified atom stereocenters. The third-order valence-corrected chi connectivity index (χ3v) is 4.00. The molecule has 1 N–H and O–H groups in total. The second kappa shape index (κ2) is 8.96. The van der Waals surface area contributed by atoms with Gasteiger partial charge in [0.2, 0.25) is 0 Å². The van der Waals surface area contributed by atoms with Crippen LogP contribution in [0.15, 0.2) is 12.1 Å². The predicted octanol–water partition coefficient (Wildman–Crippen LogP) is 4.75. The minimum Gasteiger partial charge on any atom is -0.316 e. The first-order valence-electron chi connectivity index (χ1n) is 6.63. The van der Waals surface area contributed by atoms with E-state index >= 15 is 0 Å². The summed E-state index contributed by atoms with van der Waals surface area (Å²) in [5, 5.41) is 3.48. The number of aryl methyl sites for hydroxylation is 1. The summed E-state index contributed by atoms with van der Waals surface area (Å²) < 4.78 is 0.915. The van der Waals surface area contributed by atoms with Crippen LogP contribution in [0.3, 0.4) is 0 Å². The van der Waals surface area contributed by atoms with Crippen molar-refractivity contribution in [3.8, 4) is 0 Å².